The fourth-order valence-electron chi connectivity index (χ4n) is 0.711. The lowest BCUT2D eigenvalue weighted by Gasteiger charge is -2.11. The second-order valence-electron chi connectivity index (χ2n) is 3.39. The molecule has 14 heavy (non-hydrogen) atoms. The number of alkyl halides is 3. The van der Waals surface area contributed by atoms with Crippen LogP contribution in [0.15, 0.2) is 12.2 Å². The third kappa shape index (κ3) is 9.54. The lowest BCUT2D eigenvalue weighted by Crippen LogP contribution is -2.26. The molecule has 0 aliphatic rings. The number of rotatable bonds is 6. The monoisotopic (exact) mass is 211 g/mol. The molecular weight excluding hydrogens is 195 g/mol. The Bertz CT molecular complexity index is 177. The van der Waals surface area contributed by atoms with Gasteiger partial charge < -0.3 is 10.1 Å². The van der Waals surface area contributed by atoms with Crippen molar-refractivity contribution >= 4 is 0 Å². The molecule has 0 radical (unpaired) electrons. The third-order valence-corrected chi connectivity index (χ3v) is 1.33. The maximum atomic E-state index is 11.6. The van der Waals surface area contributed by atoms with Crippen LogP contribution in [0.4, 0.5) is 13.2 Å². The summed E-state index contributed by atoms with van der Waals surface area (Å²) in [7, 11) is 0. The van der Waals surface area contributed by atoms with E-state index < -0.39 is 12.8 Å². The van der Waals surface area contributed by atoms with E-state index in [2.05, 4.69) is 16.6 Å². The van der Waals surface area contributed by atoms with Gasteiger partial charge in [0.2, 0.25) is 0 Å². The van der Waals surface area contributed by atoms with Crippen LogP contribution in [0.3, 0.4) is 0 Å². The van der Waals surface area contributed by atoms with Crippen LogP contribution in [0.1, 0.15) is 13.8 Å². The Hall–Kier alpha value is -0.550. The first-order valence-electron chi connectivity index (χ1n) is 4.36. The average Bonchev–Trinajstić information content (AvgIpc) is 1.98. The minimum Gasteiger partial charge on any atom is -0.368 e. The summed E-state index contributed by atoms with van der Waals surface area (Å²) in [6.45, 7) is 6.70. The van der Waals surface area contributed by atoms with E-state index in [1.54, 1.807) is 0 Å². The molecule has 0 aliphatic heterocycles. The SMILES string of the molecule is C=C(CNC(C)C)COCC(F)(F)F. The number of ether oxygens (including phenoxy) is 1. The molecule has 84 valence electrons. The maximum Gasteiger partial charge on any atom is 0.411 e. The van der Waals surface area contributed by atoms with Crippen molar-refractivity contribution in [2.75, 3.05) is 19.8 Å². The van der Waals surface area contributed by atoms with Gasteiger partial charge in [0.1, 0.15) is 6.61 Å². The van der Waals surface area contributed by atoms with Crippen LogP contribution in [0.2, 0.25) is 0 Å². The van der Waals surface area contributed by atoms with Crippen molar-refractivity contribution in [1.82, 2.24) is 5.32 Å². The summed E-state index contributed by atoms with van der Waals surface area (Å²) in [5, 5.41) is 3.03. The molecule has 5 heteroatoms. The van der Waals surface area contributed by atoms with Crippen molar-refractivity contribution in [3.05, 3.63) is 12.2 Å². The molecule has 0 aliphatic carbocycles. The zero-order valence-electron chi connectivity index (χ0n) is 8.45. The van der Waals surface area contributed by atoms with Crippen LogP contribution in [0.25, 0.3) is 0 Å². The smallest absolute Gasteiger partial charge is 0.368 e. The zero-order chi connectivity index (χ0) is 11.2. The number of hydrogen-bond donors (Lipinski definition) is 1. The van der Waals surface area contributed by atoms with Gasteiger partial charge in [-0.2, -0.15) is 13.2 Å². The first-order valence-corrected chi connectivity index (χ1v) is 4.36. The molecule has 0 amide bonds. The predicted octanol–water partition coefficient (Wildman–Crippen LogP) is 2.12. The quantitative estimate of drug-likeness (QED) is 0.679. The van der Waals surface area contributed by atoms with Crippen LogP contribution < -0.4 is 5.32 Å². The van der Waals surface area contributed by atoms with Gasteiger partial charge in [0, 0.05) is 12.6 Å². The Balaban J connectivity index is 3.46. The number of hydrogen-bond acceptors (Lipinski definition) is 2. The fraction of sp³-hybridized carbons (Fsp3) is 0.778. The summed E-state index contributed by atoms with van der Waals surface area (Å²) in [6.07, 6.45) is -4.26. The Kier molecular flexibility index (Phi) is 5.79. The first kappa shape index (κ1) is 13.4. The van der Waals surface area contributed by atoms with E-state index in [1.807, 2.05) is 13.8 Å². The topological polar surface area (TPSA) is 21.3 Å². The van der Waals surface area contributed by atoms with Crippen molar-refractivity contribution < 1.29 is 17.9 Å². The molecule has 0 aromatic rings. The zero-order valence-corrected chi connectivity index (χ0v) is 8.45. The minimum atomic E-state index is -4.26. The van der Waals surface area contributed by atoms with E-state index >= 15 is 0 Å². The van der Waals surface area contributed by atoms with E-state index in [4.69, 9.17) is 0 Å². The second kappa shape index (κ2) is 6.03. The molecule has 0 saturated heterocycles. The Morgan fingerprint density at radius 2 is 2.00 bits per heavy atom. The molecule has 0 rings (SSSR count). The molecule has 0 heterocycles. The number of nitrogens with one attached hydrogen (secondary N) is 1. The average molecular weight is 211 g/mol. The van der Waals surface area contributed by atoms with Crippen molar-refractivity contribution in [2.45, 2.75) is 26.1 Å². The fourth-order valence-corrected chi connectivity index (χ4v) is 0.711. The maximum absolute atomic E-state index is 11.6. The molecule has 0 unspecified atom stereocenters. The molecule has 0 bridgehead atoms. The Morgan fingerprint density at radius 1 is 1.43 bits per heavy atom. The van der Waals surface area contributed by atoms with E-state index in [0.717, 1.165) is 0 Å². The minimum absolute atomic E-state index is 0.0563. The van der Waals surface area contributed by atoms with Crippen LogP contribution >= 0.6 is 0 Å². The largest absolute Gasteiger partial charge is 0.411 e. The molecule has 2 nitrogen and oxygen atoms in total. The van der Waals surface area contributed by atoms with E-state index in [-0.39, 0.29) is 12.6 Å². The molecule has 0 fully saturated rings. The van der Waals surface area contributed by atoms with Gasteiger partial charge in [0.25, 0.3) is 0 Å². The van der Waals surface area contributed by atoms with Gasteiger partial charge in [0.15, 0.2) is 0 Å². The van der Waals surface area contributed by atoms with E-state index in [9.17, 15) is 13.2 Å². The standard InChI is InChI=1S/C9H16F3NO/c1-7(2)13-4-8(3)5-14-6-9(10,11)12/h7,13H,3-6H2,1-2H3. The summed E-state index contributed by atoms with van der Waals surface area (Å²) in [5.74, 6) is 0. The van der Waals surface area contributed by atoms with Gasteiger partial charge in [-0.3, -0.25) is 0 Å². The molecule has 0 atom stereocenters. The van der Waals surface area contributed by atoms with Crippen LogP contribution in [-0.2, 0) is 4.74 Å². The Morgan fingerprint density at radius 3 is 2.43 bits per heavy atom. The van der Waals surface area contributed by atoms with Crippen molar-refractivity contribution in [3.63, 3.8) is 0 Å². The van der Waals surface area contributed by atoms with Crippen LogP contribution in [-0.4, -0.2) is 32.0 Å². The van der Waals surface area contributed by atoms with E-state index in [1.165, 1.54) is 0 Å². The normalized spacial score (nSPS) is 12.1. The molecule has 0 aromatic carbocycles. The number of halogens is 3. The van der Waals surface area contributed by atoms with Gasteiger partial charge in [0.05, 0.1) is 6.61 Å². The highest BCUT2D eigenvalue weighted by Gasteiger charge is 2.27. The lowest BCUT2D eigenvalue weighted by atomic mass is 10.3. The van der Waals surface area contributed by atoms with Gasteiger partial charge in [-0.15, -0.1) is 0 Å². The molecule has 0 spiro atoms. The lowest BCUT2D eigenvalue weighted by molar-refractivity contribution is -0.171. The predicted molar refractivity (Wildman–Crippen MR) is 49.2 cm³/mol. The Labute approximate surface area is 82.1 Å². The summed E-state index contributed by atoms with van der Waals surface area (Å²) in [4.78, 5) is 0. The molecule has 0 saturated carbocycles. The van der Waals surface area contributed by atoms with Gasteiger partial charge in [-0.25, -0.2) is 0 Å². The van der Waals surface area contributed by atoms with Gasteiger partial charge in [-0.1, -0.05) is 20.4 Å². The summed E-state index contributed by atoms with van der Waals surface area (Å²) in [5.41, 5.74) is 0.614. The molecular formula is C9H16F3NO. The summed E-state index contributed by atoms with van der Waals surface area (Å²) < 4.78 is 39.4. The first-order chi connectivity index (χ1) is 6.31. The highest BCUT2D eigenvalue weighted by atomic mass is 19.4. The highest BCUT2D eigenvalue weighted by Crippen LogP contribution is 2.14. The molecule has 0 aromatic heterocycles. The van der Waals surface area contributed by atoms with Gasteiger partial charge >= 0.3 is 6.18 Å². The van der Waals surface area contributed by atoms with Crippen LogP contribution in [0, 0.1) is 0 Å². The van der Waals surface area contributed by atoms with Crippen molar-refractivity contribution in [1.29, 1.82) is 0 Å². The summed E-state index contributed by atoms with van der Waals surface area (Å²) in [6, 6.07) is 0.286. The van der Waals surface area contributed by atoms with Crippen molar-refractivity contribution in [3.8, 4) is 0 Å². The van der Waals surface area contributed by atoms with Crippen LogP contribution in [0.5, 0.6) is 0 Å². The van der Waals surface area contributed by atoms with Gasteiger partial charge in [-0.05, 0) is 5.57 Å². The molecule has 1 N–H and O–H groups in total. The third-order valence-electron chi connectivity index (χ3n) is 1.33. The van der Waals surface area contributed by atoms with Crippen molar-refractivity contribution in [2.24, 2.45) is 0 Å². The van der Waals surface area contributed by atoms with E-state index in [0.29, 0.717) is 12.1 Å². The highest BCUT2D eigenvalue weighted by molar-refractivity contribution is 4.97. The second-order valence-corrected chi connectivity index (χ2v) is 3.39. The summed E-state index contributed by atoms with van der Waals surface area (Å²) >= 11 is 0.